The van der Waals surface area contributed by atoms with Crippen molar-refractivity contribution in [1.29, 1.82) is 0 Å². The fourth-order valence-corrected chi connectivity index (χ4v) is 1.89. The predicted octanol–water partition coefficient (Wildman–Crippen LogP) is 0.941. The van der Waals surface area contributed by atoms with E-state index in [1.54, 1.807) is 6.92 Å². The summed E-state index contributed by atoms with van der Waals surface area (Å²) in [6, 6.07) is 5.68. The van der Waals surface area contributed by atoms with Gasteiger partial charge < -0.3 is 11.1 Å². The number of hydrogen-bond donors (Lipinski definition) is 2. The maximum absolute atomic E-state index is 12.0. The number of nitrogens with one attached hydrogen (secondary N) is 1. The van der Waals surface area contributed by atoms with Crippen molar-refractivity contribution in [2.45, 2.75) is 27.3 Å². The van der Waals surface area contributed by atoms with Crippen LogP contribution in [0.15, 0.2) is 18.2 Å². The van der Waals surface area contributed by atoms with Crippen LogP contribution in [-0.4, -0.2) is 26.8 Å². The summed E-state index contributed by atoms with van der Waals surface area (Å²) in [6.07, 6.45) is 0. The summed E-state index contributed by atoms with van der Waals surface area (Å²) in [4.78, 5) is 23.1. The standard InChI is InChI=1S/C14H17N5O2/c1-8-4-5-11(6-9(8)2)16-12(20)7-19-10(3)13(14(15)21)17-18-19/h4-6H,7H2,1-3H3,(H2,15,21)(H,16,20). The fraction of sp³-hybridized carbons (Fsp3) is 0.286. The Hall–Kier alpha value is -2.70. The third kappa shape index (κ3) is 3.25. The number of aryl methyl sites for hydroxylation is 2. The van der Waals surface area contributed by atoms with Crippen LogP contribution in [0.3, 0.4) is 0 Å². The number of aromatic nitrogens is 3. The van der Waals surface area contributed by atoms with E-state index in [1.165, 1.54) is 4.68 Å². The van der Waals surface area contributed by atoms with E-state index < -0.39 is 5.91 Å². The van der Waals surface area contributed by atoms with Gasteiger partial charge >= 0.3 is 0 Å². The first kappa shape index (κ1) is 14.7. The van der Waals surface area contributed by atoms with Gasteiger partial charge in [0.1, 0.15) is 6.54 Å². The van der Waals surface area contributed by atoms with Crippen molar-refractivity contribution in [2.24, 2.45) is 5.73 Å². The SMILES string of the molecule is Cc1ccc(NC(=O)Cn2nnc(C(N)=O)c2C)cc1C. The topological polar surface area (TPSA) is 103 Å². The second-order valence-corrected chi connectivity index (χ2v) is 4.89. The Balaban J connectivity index is 2.08. The number of rotatable bonds is 4. The molecule has 0 saturated heterocycles. The van der Waals surface area contributed by atoms with Crippen LogP contribution in [0.25, 0.3) is 0 Å². The van der Waals surface area contributed by atoms with Crippen LogP contribution in [0, 0.1) is 20.8 Å². The van der Waals surface area contributed by atoms with Gasteiger partial charge in [-0.1, -0.05) is 11.3 Å². The second kappa shape index (κ2) is 5.74. The van der Waals surface area contributed by atoms with Gasteiger partial charge in [-0.25, -0.2) is 4.68 Å². The molecule has 0 radical (unpaired) electrons. The van der Waals surface area contributed by atoms with Gasteiger partial charge in [-0.15, -0.1) is 5.10 Å². The van der Waals surface area contributed by atoms with Gasteiger partial charge in [-0.3, -0.25) is 9.59 Å². The molecule has 0 aliphatic rings. The summed E-state index contributed by atoms with van der Waals surface area (Å²) < 4.78 is 1.34. The highest BCUT2D eigenvalue weighted by atomic mass is 16.2. The molecule has 110 valence electrons. The van der Waals surface area contributed by atoms with Crippen LogP contribution in [0.1, 0.15) is 27.3 Å². The van der Waals surface area contributed by atoms with Crippen LogP contribution in [-0.2, 0) is 11.3 Å². The van der Waals surface area contributed by atoms with Crippen LogP contribution in [0.5, 0.6) is 0 Å². The average Bonchev–Trinajstić information content (AvgIpc) is 2.75. The second-order valence-electron chi connectivity index (χ2n) is 4.89. The molecule has 0 aliphatic heterocycles. The molecular weight excluding hydrogens is 270 g/mol. The first-order valence-corrected chi connectivity index (χ1v) is 6.45. The lowest BCUT2D eigenvalue weighted by Gasteiger charge is -2.08. The van der Waals surface area contributed by atoms with Gasteiger partial charge in [0, 0.05) is 5.69 Å². The molecule has 7 heteroatoms. The van der Waals surface area contributed by atoms with E-state index in [-0.39, 0.29) is 18.1 Å². The molecule has 0 spiro atoms. The molecule has 2 rings (SSSR count). The minimum atomic E-state index is -0.659. The molecule has 0 bridgehead atoms. The predicted molar refractivity (Wildman–Crippen MR) is 77.8 cm³/mol. The van der Waals surface area contributed by atoms with E-state index in [9.17, 15) is 9.59 Å². The van der Waals surface area contributed by atoms with Crippen LogP contribution in [0.4, 0.5) is 5.69 Å². The number of hydrogen-bond acceptors (Lipinski definition) is 4. The van der Waals surface area contributed by atoms with Gasteiger partial charge in [0.05, 0.1) is 5.69 Å². The van der Waals surface area contributed by atoms with E-state index in [0.717, 1.165) is 16.8 Å². The Morgan fingerprint density at radius 2 is 1.95 bits per heavy atom. The molecule has 3 N–H and O–H groups in total. The van der Waals surface area contributed by atoms with Gasteiger partial charge in [0.15, 0.2) is 5.69 Å². The lowest BCUT2D eigenvalue weighted by atomic mass is 10.1. The summed E-state index contributed by atoms with van der Waals surface area (Å²) in [6.45, 7) is 5.60. The Morgan fingerprint density at radius 1 is 1.24 bits per heavy atom. The van der Waals surface area contributed by atoms with Crippen LogP contribution >= 0.6 is 0 Å². The normalized spacial score (nSPS) is 10.4. The molecule has 0 atom stereocenters. The number of anilines is 1. The van der Waals surface area contributed by atoms with Gasteiger partial charge in [-0.2, -0.15) is 0 Å². The molecule has 0 unspecified atom stereocenters. The molecular formula is C14H17N5O2. The van der Waals surface area contributed by atoms with Crippen molar-refractivity contribution < 1.29 is 9.59 Å². The number of nitrogens with two attached hydrogens (primary N) is 1. The van der Waals surface area contributed by atoms with E-state index >= 15 is 0 Å². The Kier molecular flexibility index (Phi) is 4.02. The highest BCUT2D eigenvalue weighted by Crippen LogP contribution is 2.14. The van der Waals surface area contributed by atoms with Crippen molar-refractivity contribution in [2.75, 3.05) is 5.32 Å². The quantitative estimate of drug-likeness (QED) is 0.873. The highest BCUT2D eigenvalue weighted by molar-refractivity contribution is 5.92. The molecule has 7 nitrogen and oxygen atoms in total. The Labute approximate surface area is 122 Å². The molecule has 1 aromatic heterocycles. The molecule has 1 aromatic carbocycles. The minimum absolute atomic E-state index is 0.0287. The summed E-state index contributed by atoms with van der Waals surface area (Å²) in [5.74, 6) is -0.907. The van der Waals surface area contributed by atoms with Gasteiger partial charge in [0.2, 0.25) is 5.91 Å². The van der Waals surface area contributed by atoms with Crippen molar-refractivity contribution in [1.82, 2.24) is 15.0 Å². The van der Waals surface area contributed by atoms with Crippen molar-refractivity contribution in [3.63, 3.8) is 0 Å². The zero-order valence-corrected chi connectivity index (χ0v) is 12.2. The maximum Gasteiger partial charge on any atom is 0.271 e. The third-order valence-corrected chi connectivity index (χ3v) is 3.30. The number of amides is 2. The smallest absolute Gasteiger partial charge is 0.271 e. The van der Waals surface area contributed by atoms with Crippen molar-refractivity contribution in [3.05, 3.63) is 40.7 Å². The Bertz CT molecular complexity index is 705. The molecule has 1 heterocycles. The summed E-state index contributed by atoms with van der Waals surface area (Å²) in [7, 11) is 0. The lowest BCUT2D eigenvalue weighted by molar-refractivity contribution is -0.117. The Morgan fingerprint density at radius 3 is 2.52 bits per heavy atom. The van der Waals surface area contributed by atoms with E-state index in [2.05, 4.69) is 15.6 Å². The molecule has 21 heavy (non-hydrogen) atoms. The minimum Gasteiger partial charge on any atom is -0.364 e. The van der Waals surface area contributed by atoms with E-state index in [4.69, 9.17) is 5.73 Å². The number of carbonyl (C=O) groups excluding carboxylic acids is 2. The molecule has 0 fully saturated rings. The maximum atomic E-state index is 12.0. The summed E-state index contributed by atoms with van der Waals surface area (Å²) >= 11 is 0. The number of primary amides is 1. The number of carbonyl (C=O) groups is 2. The van der Waals surface area contributed by atoms with Crippen molar-refractivity contribution >= 4 is 17.5 Å². The molecule has 0 saturated carbocycles. The van der Waals surface area contributed by atoms with Crippen LogP contribution in [0.2, 0.25) is 0 Å². The van der Waals surface area contributed by atoms with E-state index in [0.29, 0.717) is 5.69 Å². The zero-order chi connectivity index (χ0) is 15.6. The number of nitrogens with zero attached hydrogens (tertiary/aromatic N) is 3. The third-order valence-electron chi connectivity index (χ3n) is 3.30. The van der Waals surface area contributed by atoms with E-state index in [1.807, 2.05) is 32.0 Å². The van der Waals surface area contributed by atoms with Crippen LogP contribution < -0.4 is 11.1 Å². The number of benzene rings is 1. The monoisotopic (exact) mass is 287 g/mol. The lowest BCUT2D eigenvalue weighted by Crippen LogP contribution is -2.21. The van der Waals surface area contributed by atoms with Gasteiger partial charge in [0.25, 0.3) is 5.91 Å². The summed E-state index contributed by atoms with van der Waals surface area (Å²) in [5.41, 5.74) is 8.68. The molecule has 2 amide bonds. The molecule has 2 aromatic rings. The first-order valence-electron chi connectivity index (χ1n) is 6.45. The highest BCUT2D eigenvalue weighted by Gasteiger charge is 2.15. The largest absolute Gasteiger partial charge is 0.364 e. The zero-order valence-electron chi connectivity index (χ0n) is 12.2. The average molecular weight is 287 g/mol. The molecule has 0 aliphatic carbocycles. The first-order chi connectivity index (χ1) is 9.88. The van der Waals surface area contributed by atoms with Crippen molar-refractivity contribution in [3.8, 4) is 0 Å². The van der Waals surface area contributed by atoms with Gasteiger partial charge in [-0.05, 0) is 44.0 Å². The summed E-state index contributed by atoms with van der Waals surface area (Å²) in [5, 5.41) is 10.2. The fourth-order valence-electron chi connectivity index (χ4n) is 1.89.